The highest BCUT2D eigenvalue weighted by Crippen LogP contribution is 2.30. The molecule has 0 aliphatic carbocycles. The minimum atomic E-state index is -4.30. The molecule has 0 radical (unpaired) electrons. The molecule has 1 atom stereocenters. The lowest BCUT2D eigenvalue weighted by molar-refractivity contribution is -0.137. The van der Waals surface area contributed by atoms with E-state index >= 15 is 0 Å². The van der Waals surface area contributed by atoms with Crippen LogP contribution in [0.25, 0.3) is 0 Å². The van der Waals surface area contributed by atoms with Gasteiger partial charge in [-0.2, -0.15) is 0 Å². The van der Waals surface area contributed by atoms with Crippen LogP contribution in [0.3, 0.4) is 0 Å². The molecule has 2 aromatic rings. The number of aromatic carboxylic acids is 1. The standard InChI is InChI=1S/C16H14BrNO6S/c1-10(15(19)20)18(14-5-3-2-4-13(14)16(21)22)25(23,24)12-8-6-11(17)7-9-12/h2-10H,1H3,(H,19,20)(H,21,22). The first-order valence-corrected chi connectivity index (χ1v) is 9.24. The van der Waals surface area contributed by atoms with Gasteiger partial charge >= 0.3 is 11.9 Å². The van der Waals surface area contributed by atoms with Crippen LogP contribution in [-0.2, 0) is 14.8 Å². The van der Waals surface area contributed by atoms with Crippen molar-refractivity contribution >= 4 is 43.6 Å². The SMILES string of the molecule is CC(C(=O)O)N(c1ccccc1C(=O)O)S(=O)(=O)c1ccc(Br)cc1. The number of carboxylic acids is 2. The number of para-hydroxylation sites is 1. The molecule has 25 heavy (non-hydrogen) atoms. The van der Waals surface area contributed by atoms with Crippen molar-refractivity contribution in [3.63, 3.8) is 0 Å². The Kier molecular flexibility index (Phi) is 5.48. The summed E-state index contributed by atoms with van der Waals surface area (Å²) in [5, 5.41) is 18.7. The molecule has 7 nitrogen and oxygen atoms in total. The molecule has 0 heterocycles. The van der Waals surface area contributed by atoms with E-state index in [0.717, 1.165) is 0 Å². The normalized spacial score (nSPS) is 12.4. The van der Waals surface area contributed by atoms with Crippen molar-refractivity contribution < 1.29 is 28.2 Å². The van der Waals surface area contributed by atoms with Gasteiger partial charge in [-0.05, 0) is 43.3 Å². The molecular weight excluding hydrogens is 414 g/mol. The number of carboxylic acid groups (broad SMARTS) is 2. The third kappa shape index (κ3) is 3.83. The van der Waals surface area contributed by atoms with Gasteiger partial charge in [0.15, 0.2) is 0 Å². The van der Waals surface area contributed by atoms with Gasteiger partial charge in [-0.1, -0.05) is 28.1 Å². The van der Waals surface area contributed by atoms with Crippen LogP contribution < -0.4 is 4.31 Å². The van der Waals surface area contributed by atoms with Gasteiger partial charge in [0.2, 0.25) is 0 Å². The summed E-state index contributed by atoms with van der Waals surface area (Å²) < 4.78 is 27.3. The maximum atomic E-state index is 13.0. The first-order valence-electron chi connectivity index (χ1n) is 7.01. The molecular formula is C16H14BrNO6S. The topological polar surface area (TPSA) is 112 Å². The van der Waals surface area contributed by atoms with Gasteiger partial charge in [-0.25, -0.2) is 18.0 Å². The zero-order valence-corrected chi connectivity index (χ0v) is 15.4. The number of aliphatic carboxylic acids is 1. The summed E-state index contributed by atoms with van der Waals surface area (Å²) in [6, 6.07) is 9.47. The second-order valence-electron chi connectivity index (χ2n) is 5.09. The van der Waals surface area contributed by atoms with Gasteiger partial charge in [0.1, 0.15) is 6.04 Å². The van der Waals surface area contributed by atoms with Gasteiger partial charge in [0.05, 0.1) is 16.1 Å². The van der Waals surface area contributed by atoms with Crippen molar-refractivity contribution in [1.82, 2.24) is 0 Å². The van der Waals surface area contributed by atoms with E-state index in [9.17, 15) is 28.2 Å². The van der Waals surface area contributed by atoms with Gasteiger partial charge in [-0.3, -0.25) is 4.31 Å². The summed E-state index contributed by atoms with van der Waals surface area (Å²) in [5.74, 6) is -2.76. The number of benzene rings is 2. The molecule has 0 aromatic heterocycles. The number of rotatable bonds is 6. The Bertz CT molecular complexity index is 910. The first-order chi connectivity index (χ1) is 11.7. The molecule has 0 fully saturated rings. The van der Waals surface area contributed by atoms with E-state index in [2.05, 4.69) is 15.9 Å². The lowest BCUT2D eigenvalue weighted by Gasteiger charge is -2.29. The fourth-order valence-electron chi connectivity index (χ4n) is 2.21. The van der Waals surface area contributed by atoms with Crippen LogP contribution in [0.4, 0.5) is 5.69 Å². The molecule has 132 valence electrons. The third-order valence-corrected chi connectivity index (χ3v) is 5.88. The summed E-state index contributed by atoms with van der Waals surface area (Å²) in [7, 11) is -4.30. The zero-order chi connectivity index (χ0) is 18.8. The van der Waals surface area contributed by atoms with Gasteiger partial charge in [0.25, 0.3) is 10.0 Å². The number of anilines is 1. The predicted octanol–water partition coefficient (Wildman–Crippen LogP) is 2.82. The van der Waals surface area contributed by atoms with Crippen molar-refractivity contribution in [2.45, 2.75) is 17.9 Å². The van der Waals surface area contributed by atoms with E-state index in [4.69, 9.17) is 0 Å². The molecule has 2 rings (SSSR count). The third-order valence-electron chi connectivity index (χ3n) is 3.45. The molecule has 0 aliphatic rings. The van der Waals surface area contributed by atoms with Gasteiger partial charge in [0, 0.05) is 4.47 Å². The summed E-state index contributed by atoms with van der Waals surface area (Å²) in [6.07, 6.45) is 0. The number of hydrogen-bond donors (Lipinski definition) is 2. The molecule has 0 amide bonds. The van der Waals surface area contributed by atoms with Crippen LogP contribution in [0.2, 0.25) is 0 Å². The molecule has 0 aliphatic heterocycles. The Morgan fingerprint density at radius 2 is 1.60 bits per heavy atom. The maximum Gasteiger partial charge on any atom is 0.337 e. The Hall–Kier alpha value is -2.39. The van der Waals surface area contributed by atoms with Crippen molar-refractivity contribution in [3.05, 3.63) is 58.6 Å². The zero-order valence-electron chi connectivity index (χ0n) is 13.0. The summed E-state index contributed by atoms with van der Waals surface area (Å²) in [4.78, 5) is 22.8. The molecule has 2 N–H and O–H groups in total. The number of hydrogen-bond acceptors (Lipinski definition) is 4. The minimum absolute atomic E-state index is 0.149. The van der Waals surface area contributed by atoms with Crippen LogP contribution in [0, 0.1) is 0 Å². The highest BCUT2D eigenvalue weighted by molar-refractivity contribution is 9.10. The lowest BCUT2D eigenvalue weighted by Crippen LogP contribution is -2.44. The number of sulfonamides is 1. The van der Waals surface area contributed by atoms with Gasteiger partial charge in [-0.15, -0.1) is 0 Å². The summed E-state index contributed by atoms with van der Waals surface area (Å²) in [5.41, 5.74) is -0.524. The number of halogens is 1. The van der Waals surface area contributed by atoms with Crippen molar-refractivity contribution in [1.29, 1.82) is 0 Å². The molecule has 0 bridgehead atoms. The summed E-state index contributed by atoms with van der Waals surface area (Å²) in [6.45, 7) is 1.18. The average molecular weight is 428 g/mol. The Labute approximate surface area is 152 Å². The number of carbonyl (C=O) groups is 2. The molecule has 2 aromatic carbocycles. The van der Waals surface area contributed by atoms with Gasteiger partial charge < -0.3 is 10.2 Å². The maximum absolute atomic E-state index is 13.0. The number of nitrogens with zero attached hydrogens (tertiary/aromatic N) is 1. The quantitative estimate of drug-likeness (QED) is 0.732. The highest BCUT2D eigenvalue weighted by atomic mass is 79.9. The van der Waals surface area contributed by atoms with Crippen molar-refractivity contribution in [3.8, 4) is 0 Å². The Morgan fingerprint density at radius 1 is 1.04 bits per heavy atom. The van der Waals surface area contributed by atoms with E-state index in [1.54, 1.807) is 0 Å². The highest BCUT2D eigenvalue weighted by Gasteiger charge is 2.35. The van der Waals surface area contributed by atoms with Crippen molar-refractivity contribution in [2.75, 3.05) is 4.31 Å². The first kappa shape index (κ1) is 18.9. The molecule has 0 saturated carbocycles. The predicted molar refractivity (Wildman–Crippen MR) is 94.3 cm³/mol. The smallest absolute Gasteiger partial charge is 0.337 e. The average Bonchev–Trinajstić information content (AvgIpc) is 2.55. The van der Waals surface area contributed by atoms with E-state index in [1.807, 2.05) is 0 Å². The van der Waals surface area contributed by atoms with E-state index in [1.165, 1.54) is 55.5 Å². The largest absolute Gasteiger partial charge is 0.480 e. The monoisotopic (exact) mass is 427 g/mol. The molecule has 1 unspecified atom stereocenters. The second kappa shape index (κ2) is 7.24. The van der Waals surface area contributed by atoms with Crippen LogP contribution in [0.5, 0.6) is 0 Å². The molecule has 0 spiro atoms. The van der Waals surface area contributed by atoms with Crippen molar-refractivity contribution in [2.24, 2.45) is 0 Å². The van der Waals surface area contributed by atoms with Crippen LogP contribution in [-0.4, -0.2) is 36.6 Å². The van der Waals surface area contributed by atoms with Crippen LogP contribution in [0.1, 0.15) is 17.3 Å². The van der Waals surface area contributed by atoms with Crippen LogP contribution in [0.15, 0.2) is 57.9 Å². The summed E-state index contributed by atoms with van der Waals surface area (Å²) >= 11 is 3.20. The van der Waals surface area contributed by atoms with E-state index in [-0.39, 0.29) is 16.1 Å². The molecule has 9 heteroatoms. The molecule has 0 saturated heterocycles. The Balaban J connectivity index is 2.72. The second-order valence-corrected chi connectivity index (χ2v) is 7.82. The fraction of sp³-hybridized carbons (Fsp3) is 0.125. The lowest BCUT2D eigenvalue weighted by atomic mass is 10.1. The fourth-order valence-corrected chi connectivity index (χ4v) is 4.11. The van der Waals surface area contributed by atoms with E-state index < -0.39 is 28.0 Å². The minimum Gasteiger partial charge on any atom is -0.480 e. The Morgan fingerprint density at radius 3 is 2.12 bits per heavy atom. The van der Waals surface area contributed by atoms with Crippen LogP contribution >= 0.6 is 15.9 Å². The van der Waals surface area contributed by atoms with E-state index in [0.29, 0.717) is 8.78 Å².